The van der Waals surface area contributed by atoms with Crippen LogP contribution in [0.5, 0.6) is 0 Å². The van der Waals surface area contributed by atoms with Crippen LogP contribution in [0, 0.1) is 5.82 Å². The molecule has 0 aliphatic carbocycles. The molecule has 2 aromatic rings. The second-order valence-electron chi connectivity index (χ2n) is 3.16. The fourth-order valence-electron chi connectivity index (χ4n) is 1.44. The number of hydrogen-bond acceptors (Lipinski definition) is 1. The second kappa shape index (κ2) is 3.87. The Morgan fingerprint density at radius 1 is 1.43 bits per heavy atom. The van der Waals surface area contributed by atoms with E-state index in [2.05, 4.69) is 6.92 Å². The molecule has 0 spiro atoms. The lowest BCUT2D eigenvalue weighted by molar-refractivity contribution is 0.631. The van der Waals surface area contributed by atoms with Gasteiger partial charge >= 0.3 is 0 Å². The van der Waals surface area contributed by atoms with Crippen molar-refractivity contribution in [1.82, 2.24) is 0 Å². The van der Waals surface area contributed by atoms with E-state index >= 15 is 0 Å². The third-order valence-electron chi connectivity index (χ3n) is 2.25. The van der Waals surface area contributed by atoms with Gasteiger partial charge in [0.25, 0.3) is 0 Å². The zero-order valence-corrected chi connectivity index (χ0v) is 9.38. The van der Waals surface area contributed by atoms with Crippen LogP contribution in [0.15, 0.2) is 18.2 Å². The van der Waals surface area contributed by atoms with Gasteiger partial charge in [0, 0.05) is 10.4 Å². The lowest BCUT2D eigenvalue weighted by Gasteiger charge is -1.98. The molecule has 0 N–H and O–H groups in total. The van der Waals surface area contributed by atoms with Crippen molar-refractivity contribution in [1.29, 1.82) is 0 Å². The second-order valence-corrected chi connectivity index (χ2v) is 4.56. The van der Waals surface area contributed by atoms with Crippen LogP contribution in [0.1, 0.15) is 17.4 Å². The number of thiophene rings is 1. The zero-order chi connectivity index (χ0) is 10.1. The summed E-state index contributed by atoms with van der Waals surface area (Å²) in [6, 6.07) is 5.74. The van der Waals surface area contributed by atoms with E-state index in [1.54, 1.807) is 6.07 Å². The molecule has 1 heterocycles. The Hall–Kier alpha value is -0.600. The predicted molar refractivity (Wildman–Crippen MR) is 60.7 cm³/mol. The molecule has 0 unspecified atom stereocenters. The Bertz CT molecular complexity index is 462. The smallest absolute Gasteiger partial charge is 0.145 e. The summed E-state index contributed by atoms with van der Waals surface area (Å²) in [5.41, 5.74) is 0.587. The van der Waals surface area contributed by atoms with E-state index < -0.39 is 0 Å². The SMILES string of the molecule is CCc1cc2ccc(CCl)c(F)c2s1. The molecule has 0 radical (unpaired) electrons. The van der Waals surface area contributed by atoms with Crippen LogP contribution >= 0.6 is 22.9 Å². The van der Waals surface area contributed by atoms with E-state index in [0.29, 0.717) is 5.56 Å². The van der Waals surface area contributed by atoms with E-state index in [-0.39, 0.29) is 11.7 Å². The number of aryl methyl sites for hydroxylation is 1. The van der Waals surface area contributed by atoms with Crippen molar-refractivity contribution in [3.63, 3.8) is 0 Å². The molecule has 1 aromatic heterocycles. The molecular weight excluding hydrogens is 219 g/mol. The van der Waals surface area contributed by atoms with E-state index in [9.17, 15) is 4.39 Å². The van der Waals surface area contributed by atoms with Gasteiger partial charge in [-0.2, -0.15) is 0 Å². The monoisotopic (exact) mass is 228 g/mol. The van der Waals surface area contributed by atoms with Crippen molar-refractivity contribution < 1.29 is 4.39 Å². The summed E-state index contributed by atoms with van der Waals surface area (Å²) >= 11 is 7.16. The third-order valence-corrected chi connectivity index (χ3v) is 3.83. The summed E-state index contributed by atoms with van der Waals surface area (Å²) < 4.78 is 14.5. The van der Waals surface area contributed by atoms with Crippen molar-refractivity contribution in [3.8, 4) is 0 Å². The molecule has 0 aliphatic heterocycles. The first-order valence-electron chi connectivity index (χ1n) is 4.52. The maximum absolute atomic E-state index is 13.7. The Labute approximate surface area is 91.3 Å². The summed E-state index contributed by atoms with van der Waals surface area (Å²) in [5, 5.41) is 0.984. The molecule has 0 saturated heterocycles. The molecule has 0 amide bonds. The number of halogens is 2. The van der Waals surface area contributed by atoms with Gasteiger partial charge < -0.3 is 0 Å². The maximum Gasteiger partial charge on any atom is 0.145 e. The Balaban J connectivity index is 2.68. The summed E-state index contributed by atoms with van der Waals surface area (Å²) in [5.74, 6) is 0.0865. The lowest BCUT2D eigenvalue weighted by Crippen LogP contribution is -1.84. The highest BCUT2D eigenvalue weighted by Crippen LogP contribution is 2.30. The molecule has 0 saturated carbocycles. The van der Waals surface area contributed by atoms with Gasteiger partial charge in [0.15, 0.2) is 0 Å². The van der Waals surface area contributed by atoms with Crippen molar-refractivity contribution in [3.05, 3.63) is 34.5 Å². The van der Waals surface area contributed by atoms with E-state index in [1.807, 2.05) is 12.1 Å². The number of benzene rings is 1. The van der Waals surface area contributed by atoms with Crippen molar-refractivity contribution in [2.75, 3.05) is 0 Å². The fourth-order valence-corrected chi connectivity index (χ4v) is 2.70. The largest absolute Gasteiger partial charge is 0.205 e. The lowest BCUT2D eigenvalue weighted by atomic mass is 10.2. The highest BCUT2D eigenvalue weighted by Gasteiger charge is 2.09. The molecule has 0 aliphatic rings. The minimum atomic E-state index is -0.151. The molecular formula is C11H10ClFS. The van der Waals surface area contributed by atoms with E-state index in [4.69, 9.17) is 11.6 Å². The van der Waals surface area contributed by atoms with Gasteiger partial charge in [0.05, 0.1) is 10.6 Å². The van der Waals surface area contributed by atoms with Gasteiger partial charge in [-0.25, -0.2) is 4.39 Å². The van der Waals surface area contributed by atoms with Crippen molar-refractivity contribution in [2.24, 2.45) is 0 Å². The Morgan fingerprint density at radius 3 is 2.86 bits per heavy atom. The van der Waals surface area contributed by atoms with Crippen LogP contribution in [0.3, 0.4) is 0 Å². The van der Waals surface area contributed by atoms with E-state index in [1.165, 1.54) is 16.2 Å². The number of fused-ring (bicyclic) bond motifs is 1. The molecule has 14 heavy (non-hydrogen) atoms. The minimum absolute atomic E-state index is 0.151. The maximum atomic E-state index is 13.7. The summed E-state index contributed by atoms with van der Waals surface area (Å²) in [6.07, 6.45) is 0.953. The minimum Gasteiger partial charge on any atom is -0.205 e. The first kappa shape index (κ1) is 9.94. The number of hydrogen-bond donors (Lipinski definition) is 0. The summed E-state index contributed by atoms with van der Waals surface area (Å²) in [4.78, 5) is 1.21. The Morgan fingerprint density at radius 2 is 2.21 bits per heavy atom. The summed E-state index contributed by atoms with van der Waals surface area (Å²) in [7, 11) is 0. The average molecular weight is 229 g/mol. The van der Waals surface area contributed by atoms with Gasteiger partial charge in [-0.05, 0) is 17.9 Å². The quantitative estimate of drug-likeness (QED) is 0.671. The molecule has 3 heteroatoms. The van der Waals surface area contributed by atoms with Gasteiger partial charge in [-0.1, -0.05) is 19.1 Å². The van der Waals surface area contributed by atoms with Crippen LogP contribution in [-0.4, -0.2) is 0 Å². The third kappa shape index (κ3) is 1.53. The molecule has 2 rings (SSSR count). The molecule has 0 bridgehead atoms. The number of alkyl halides is 1. The van der Waals surface area contributed by atoms with Crippen molar-refractivity contribution >= 4 is 33.0 Å². The van der Waals surface area contributed by atoms with Crippen LogP contribution < -0.4 is 0 Å². The highest BCUT2D eigenvalue weighted by atomic mass is 35.5. The summed E-state index contributed by atoms with van der Waals surface area (Å²) in [6.45, 7) is 2.07. The fraction of sp³-hybridized carbons (Fsp3) is 0.273. The van der Waals surface area contributed by atoms with Crippen LogP contribution in [0.2, 0.25) is 0 Å². The van der Waals surface area contributed by atoms with Crippen LogP contribution in [-0.2, 0) is 12.3 Å². The molecule has 74 valence electrons. The van der Waals surface area contributed by atoms with Crippen LogP contribution in [0.4, 0.5) is 4.39 Å². The average Bonchev–Trinajstić information content (AvgIpc) is 2.62. The normalized spacial score (nSPS) is 11.1. The standard InChI is InChI=1S/C11H10ClFS/c1-2-9-5-7-3-4-8(6-12)10(13)11(7)14-9/h3-5H,2,6H2,1H3. The van der Waals surface area contributed by atoms with Crippen molar-refractivity contribution in [2.45, 2.75) is 19.2 Å². The predicted octanol–water partition coefficient (Wildman–Crippen LogP) is 4.34. The highest BCUT2D eigenvalue weighted by molar-refractivity contribution is 7.19. The van der Waals surface area contributed by atoms with Crippen LogP contribution in [0.25, 0.3) is 10.1 Å². The topological polar surface area (TPSA) is 0 Å². The van der Waals surface area contributed by atoms with E-state index in [0.717, 1.165) is 16.5 Å². The zero-order valence-electron chi connectivity index (χ0n) is 7.81. The molecule has 0 atom stereocenters. The number of rotatable bonds is 2. The van der Waals surface area contributed by atoms with Gasteiger partial charge in [-0.15, -0.1) is 22.9 Å². The Kier molecular flexibility index (Phi) is 2.75. The van der Waals surface area contributed by atoms with Gasteiger partial charge in [0.1, 0.15) is 5.82 Å². The molecule has 0 nitrogen and oxygen atoms in total. The first-order chi connectivity index (χ1) is 6.76. The van der Waals surface area contributed by atoms with Gasteiger partial charge in [-0.3, -0.25) is 0 Å². The molecule has 0 fully saturated rings. The van der Waals surface area contributed by atoms with Gasteiger partial charge in [0.2, 0.25) is 0 Å². The molecule has 1 aromatic carbocycles. The first-order valence-corrected chi connectivity index (χ1v) is 5.87.